The molecule has 0 N–H and O–H groups in total. The van der Waals surface area contributed by atoms with Crippen molar-refractivity contribution in [3.63, 3.8) is 0 Å². The third-order valence-corrected chi connectivity index (χ3v) is 6.56. The van der Waals surface area contributed by atoms with E-state index in [9.17, 15) is 9.59 Å². The lowest BCUT2D eigenvalue weighted by atomic mass is 9.96. The normalized spacial score (nSPS) is 15.7. The summed E-state index contributed by atoms with van der Waals surface area (Å²) < 4.78 is 11.2. The fourth-order valence-corrected chi connectivity index (χ4v) is 4.88. The number of rotatable bonds is 5. The molecule has 5 nitrogen and oxygen atoms in total. The Hall–Kier alpha value is -2.67. The lowest BCUT2D eigenvalue weighted by molar-refractivity contribution is -0.193. The second kappa shape index (κ2) is 8.60. The molecule has 4 rings (SSSR count). The molecule has 0 spiro atoms. The first-order valence-electron chi connectivity index (χ1n) is 9.48. The van der Waals surface area contributed by atoms with Crippen molar-refractivity contribution in [2.24, 2.45) is 0 Å². The smallest absolute Gasteiger partial charge is 0.371 e. The van der Waals surface area contributed by atoms with E-state index < -0.39 is 17.7 Å². The third kappa shape index (κ3) is 3.62. The molecule has 0 unspecified atom stereocenters. The van der Waals surface area contributed by atoms with Crippen molar-refractivity contribution < 1.29 is 19.1 Å². The zero-order valence-electron chi connectivity index (χ0n) is 16.3. The summed E-state index contributed by atoms with van der Waals surface area (Å²) in [5.41, 5.74) is 0.00880. The lowest BCUT2D eigenvalue weighted by Gasteiger charge is -2.42. The number of esters is 2. The van der Waals surface area contributed by atoms with Gasteiger partial charge in [-0.1, -0.05) is 48.0 Å². The van der Waals surface area contributed by atoms with Gasteiger partial charge < -0.3 is 9.47 Å². The number of nitrogens with zero attached hydrogens (tertiary/aromatic N) is 1. The molecule has 1 aliphatic heterocycles. The zero-order valence-corrected chi connectivity index (χ0v) is 17.9. The van der Waals surface area contributed by atoms with Crippen LogP contribution in [0.25, 0.3) is 0 Å². The number of fused-ring (bicyclic) bond motifs is 1. The molecule has 0 fully saturated rings. The average Bonchev–Trinajstić information content (AvgIpc) is 3.26. The number of carbonyl (C=O) groups is 2. The van der Waals surface area contributed by atoms with E-state index in [0.717, 1.165) is 12.0 Å². The van der Waals surface area contributed by atoms with Crippen molar-refractivity contribution in [2.75, 3.05) is 13.7 Å². The van der Waals surface area contributed by atoms with Gasteiger partial charge in [0, 0.05) is 28.6 Å². The highest BCUT2D eigenvalue weighted by Crippen LogP contribution is 2.40. The van der Waals surface area contributed by atoms with Gasteiger partial charge in [-0.15, -0.1) is 11.3 Å². The Bertz CT molecular complexity index is 1070. The molecule has 0 saturated carbocycles. The second-order valence-electron chi connectivity index (χ2n) is 6.91. The van der Waals surface area contributed by atoms with Crippen molar-refractivity contribution in [1.82, 2.24) is 4.90 Å². The Kier molecular flexibility index (Phi) is 5.90. The van der Waals surface area contributed by atoms with Gasteiger partial charge in [0.25, 0.3) is 5.72 Å². The van der Waals surface area contributed by atoms with Gasteiger partial charge in [-0.25, -0.2) is 14.5 Å². The topological polar surface area (TPSA) is 55.8 Å². The molecule has 30 heavy (non-hydrogen) atoms. The molecule has 1 atom stereocenters. The number of thiophene rings is 1. The van der Waals surface area contributed by atoms with Crippen molar-refractivity contribution in [3.05, 3.63) is 92.6 Å². The molecule has 0 aliphatic carbocycles. The Morgan fingerprint density at radius 1 is 1.07 bits per heavy atom. The molecule has 2 heterocycles. The van der Waals surface area contributed by atoms with E-state index in [0.29, 0.717) is 29.2 Å². The Balaban J connectivity index is 1.85. The van der Waals surface area contributed by atoms with Crippen molar-refractivity contribution >= 4 is 34.9 Å². The van der Waals surface area contributed by atoms with Gasteiger partial charge in [0.1, 0.15) is 0 Å². The van der Waals surface area contributed by atoms with E-state index in [1.165, 1.54) is 12.0 Å². The van der Waals surface area contributed by atoms with Gasteiger partial charge in [0.05, 0.1) is 12.7 Å². The molecule has 0 saturated heterocycles. The summed E-state index contributed by atoms with van der Waals surface area (Å²) in [5, 5.41) is 2.35. The van der Waals surface area contributed by atoms with Crippen LogP contribution in [-0.4, -0.2) is 30.5 Å². The number of ether oxygens (including phenoxy) is 2. The summed E-state index contributed by atoms with van der Waals surface area (Å²) in [5.74, 6) is -1.32. The molecule has 1 aromatic heterocycles. The van der Waals surface area contributed by atoms with E-state index in [-0.39, 0.29) is 0 Å². The van der Waals surface area contributed by atoms with Gasteiger partial charge >= 0.3 is 11.9 Å². The molecule has 0 amide bonds. The highest BCUT2D eigenvalue weighted by molar-refractivity contribution is 7.10. The van der Waals surface area contributed by atoms with Crippen LogP contribution in [0.5, 0.6) is 0 Å². The van der Waals surface area contributed by atoms with Crippen LogP contribution in [0, 0.1) is 0 Å². The summed E-state index contributed by atoms with van der Waals surface area (Å²) in [4.78, 5) is 29.5. The Morgan fingerprint density at radius 2 is 1.80 bits per heavy atom. The minimum Gasteiger partial charge on any atom is -0.465 e. The van der Waals surface area contributed by atoms with Gasteiger partial charge in [0.2, 0.25) is 0 Å². The molecule has 3 aromatic rings. The van der Waals surface area contributed by atoms with Crippen molar-refractivity contribution in [3.8, 4) is 0 Å². The SMILES string of the molecule is COC(=O)[C@@](OC(=O)c1ccccc1)(c1ccccc1Cl)N1CCc2sccc2C1. The van der Waals surface area contributed by atoms with Gasteiger partial charge in [-0.05, 0) is 41.6 Å². The number of carbonyl (C=O) groups excluding carboxylic acids is 2. The summed E-state index contributed by atoms with van der Waals surface area (Å²) >= 11 is 8.20. The van der Waals surface area contributed by atoms with E-state index in [4.69, 9.17) is 21.1 Å². The molecular weight excluding hydrogens is 422 g/mol. The zero-order chi connectivity index (χ0) is 21.1. The molecule has 0 radical (unpaired) electrons. The number of benzene rings is 2. The minimum absolute atomic E-state index is 0.319. The molecule has 7 heteroatoms. The maximum atomic E-state index is 13.3. The first kappa shape index (κ1) is 20.6. The minimum atomic E-state index is -1.81. The van der Waals surface area contributed by atoms with Crippen LogP contribution < -0.4 is 0 Å². The molecule has 0 bridgehead atoms. The monoisotopic (exact) mass is 441 g/mol. The first-order chi connectivity index (χ1) is 14.6. The van der Waals surface area contributed by atoms with Crippen LogP contribution in [0.3, 0.4) is 0 Å². The average molecular weight is 442 g/mol. The van der Waals surface area contributed by atoms with Gasteiger partial charge in [0.15, 0.2) is 0 Å². The molecule has 2 aromatic carbocycles. The van der Waals surface area contributed by atoms with Crippen LogP contribution in [-0.2, 0) is 33.0 Å². The van der Waals surface area contributed by atoms with E-state index in [1.807, 2.05) is 16.3 Å². The van der Waals surface area contributed by atoms with Crippen LogP contribution >= 0.6 is 22.9 Å². The fourth-order valence-electron chi connectivity index (χ4n) is 3.73. The maximum absolute atomic E-state index is 13.3. The van der Waals surface area contributed by atoms with Crippen LogP contribution in [0.15, 0.2) is 66.0 Å². The summed E-state index contributed by atoms with van der Waals surface area (Å²) in [6.45, 7) is 0.942. The molecule has 1 aliphatic rings. The summed E-state index contributed by atoms with van der Waals surface area (Å²) in [7, 11) is 1.28. The number of halogens is 1. The Morgan fingerprint density at radius 3 is 2.53 bits per heavy atom. The molecular formula is C23H20ClNO4S. The van der Waals surface area contributed by atoms with Crippen LogP contribution in [0.4, 0.5) is 0 Å². The number of methoxy groups -OCH3 is 1. The van der Waals surface area contributed by atoms with Crippen molar-refractivity contribution in [1.29, 1.82) is 0 Å². The maximum Gasteiger partial charge on any atom is 0.371 e. The van der Waals surface area contributed by atoms with Crippen LogP contribution in [0.2, 0.25) is 5.02 Å². The number of hydrogen-bond donors (Lipinski definition) is 0. The van der Waals surface area contributed by atoms with E-state index >= 15 is 0 Å². The van der Waals surface area contributed by atoms with E-state index in [1.54, 1.807) is 65.9 Å². The summed E-state index contributed by atoms with van der Waals surface area (Å²) in [6.07, 6.45) is 0.735. The van der Waals surface area contributed by atoms with Gasteiger partial charge in [-0.3, -0.25) is 0 Å². The van der Waals surface area contributed by atoms with Gasteiger partial charge in [-0.2, -0.15) is 0 Å². The highest BCUT2D eigenvalue weighted by atomic mass is 35.5. The standard InChI is InChI=1S/C23H20ClNO4S/c1-28-22(27)23(18-9-5-6-10-19(18)24,29-21(26)16-7-3-2-4-8-16)25-13-11-20-17(15-25)12-14-30-20/h2-10,12,14H,11,13,15H2,1H3/t23-/m0/s1. The summed E-state index contributed by atoms with van der Waals surface area (Å²) in [6, 6.07) is 17.5. The molecule has 154 valence electrons. The lowest BCUT2D eigenvalue weighted by Crippen LogP contribution is -2.56. The fraction of sp³-hybridized carbons (Fsp3) is 0.217. The second-order valence-corrected chi connectivity index (χ2v) is 8.32. The largest absolute Gasteiger partial charge is 0.465 e. The quantitative estimate of drug-likeness (QED) is 0.540. The predicted octanol–water partition coefficient (Wildman–Crippen LogP) is 4.64. The Labute approximate surface area is 183 Å². The van der Waals surface area contributed by atoms with E-state index in [2.05, 4.69) is 0 Å². The number of hydrogen-bond acceptors (Lipinski definition) is 6. The van der Waals surface area contributed by atoms with Crippen molar-refractivity contribution in [2.45, 2.75) is 18.7 Å². The predicted molar refractivity (Wildman–Crippen MR) is 115 cm³/mol. The van der Waals surface area contributed by atoms with Crippen LogP contribution in [0.1, 0.15) is 26.4 Å². The third-order valence-electron chi connectivity index (χ3n) is 5.20. The highest BCUT2D eigenvalue weighted by Gasteiger charge is 2.53. The first-order valence-corrected chi connectivity index (χ1v) is 10.7.